The number of hydrogen-bond acceptors (Lipinski definition) is 2. The maximum Gasteiger partial charge on any atom is 0.237 e. The molecule has 1 heterocycles. The van der Waals surface area contributed by atoms with Crippen molar-refractivity contribution < 1.29 is 4.79 Å². The number of unbranched alkanes of at least 4 members (excludes halogenated alkanes) is 1. The highest BCUT2D eigenvalue weighted by atomic mass is 16.2. The lowest BCUT2D eigenvalue weighted by Crippen LogP contribution is -2.47. The predicted molar refractivity (Wildman–Crippen MR) is 68.7 cm³/mol. The molecule has 0 aliphatic carbocycles. The summed E-state index contributed by atoms with van der Waals surface area (Å²) in [5.74, 6) is 0.132. The van der Waals surface area contributed by atoms with E-state index in [1.807, 2.05) is 12.1 Å². The van der Waals surface area contributed by atoms with Crippen LogP contribution in [0.1, 0.15) is 30.9 Å². The van der Waals surface area contributed by atoms with Crippen LogP contribution in [-0.4, -0.2) is 18.5 Å². The van der Waals surface area contributed by atoms with Crippen molar-refractivity contribution in [2.24, 2.45) is 0 Å². The molecule has 1 aromatic carbocycles. The standard InChI is InChI=1S/C14H20N2O/c1-2-3-8-15-14(17)13-9-11-6-4-5-7-12(11)10-16-13/h4-7,13,16H,2-3,8-10H2,1H3,(H,15,17)/t13-/m0/s1. The molecule has 0 saturated carbocycles. The summed E-state index contributed by atoms with van der Waals surface area (Å²) >= 11 is 0. The van der Waals surface area contributed by atoms with Crippen LogP contribution in [0.15, 0.2) is 24.3 Å². The van der Waals surface area contributed by atoms with Crippen molar-refractivity contribution in [2.75, 3.05) is 6.54 Å². The summed E-state index contributed by atoms with van der Waals surface area (Å²) in [6.07, 6.45) is 2.96. The molecular weight excluding hydrogens is 212 g/mol. The Morgan fingerprint density at radius 1 is 1.41 bits per heavy atom. The third-order valence-corrected chi connectivity index (χ3v) is 3.23. The normalized spacial score (nSPS) is 18.5. The molecule has 1 aliphatic rings. The van der Waals surface area contributed by atoms with Gasteiger partial charge in [0.25, 0.3) is 0 Å². The van der Waals surface area contributed by atoms with E-state index in [2.05, 4.69) is 29.7 Å². The van der Waals surface area contributed by atoms with Crippen LogP contribution in [0.2, 0.25) is 0 Å². The van der Waals surface area contributed by atoms with Crippen LogP contribution >= 0.6 is 0 Å². The summed E-state index contributed by atoms with van der Waals surface area (Å²) < 4.78 is 0. The first-order valence-corrected chi connectivity index (χ1v) is 6.39. The summed E-state index contributed by atoms with van der Waals surface area (Å²) in [6.45, 7) is 3.71. The van der Waals surface area contributed by atoms with Gasteiger partial charge in [-0.05, 0) is 24.0 Å². The van der Waals surface area contributed by atoms with Gasteiger partial charge in [0.2, 0.25) is 5.91 Å². The summed E-state index contributed by atoms with van der Waals surface area (Å²) in [7, 11) is 0. The van der Waals surface area contributed by atoms with Gasteiger partial charge >= 0.3 is 0 Å². The van der Waals surface area contributed by atoms with E-state index in [0.717, 1.165) is 32.4 Å². The van der Waals surface area contributed by atoms with E-state index in [-0.39, 0.29) is 11.9 Å². The van der Waals surface area contributed by atoms with Gasteiger partial charge in [-0.2, -0.15) is 0 Å². The summed E-state index contributed by atoms with van der Waals surface area (Å²) in [5.41, 5.74) is 2.60. The van der Waals surface area contributed by atoms with E-state index >= 15 is 0 Å². The van der Waals surface area contributed by atoms with Crippen molar-refractivity contribution >= 4 is 5.91 Å². The summed E-state index contributed by atoms with van der Waals surface area (Å²) in [5, 5.41) is 6.27. The summed E-state index contributed by atoms with van der Waals surface area (Å²) in [6, 6.07) is 8.25. The molecule has 3 nitrogen and oxygen atoms in total. The Bertz CT molecular complexity index is 390. The second-order valence-electron chi connectivity index (χ2n) is 4.55. The minimum absolute atomic E-state index is 0.0678. The van der Waals surface area contributed by atoms with Crippen LogP contribution < -0.4 is 10.6 Å². The molecule has 0 aromatic heterocycles. The van der Waals surface area contributed by atoms with Crippen molar-refractivity contribution in [1.29, 1.82) is 0 Å². The second kappa shape index (κ2) is 5.82. The maximum absolute atomic E-state index is 11.9. The number of amides is 1. The third-order valence-electron chi connectivity index (χ3n) is 3.23. The van der Waals surface area contributed by atoms with Crippen LogP contribution in [0.5, 0.6) is 0 Å². The van der Waals surface area contributed by atoms with Crippen molar-refractivity contribution in [2.45, 2.75) is 38.8 Å². The molecule has 0 unspecified atom stereocenters. The third kappa shape index (κ3) is 3.07. The average molecular weight is 232 g/mol. The van der Waals surface area contributed by atoms with Crippen molar-refractivity contribution in [1.82, 2.24) is 10.6 Å². The molecule has 2 N–H and O–H groups in total. The molecule has 1 atom stereocenters. The molecule has 0 bridgehead atoms. The van der Waals surface area contributed by atoms with Gasteiger partial charge in [0.05, 0.1) is 6.04 Å². The Labute approximate surface area is 103 Å². The number of hydrogen-bond donors (Lipinski definition) is 2. The SMILES string of the molecule is CCCCNC(=O)[C@@H]1Cc2ccccc2CN1. The van der Waals surface area contributed by atoms with Gasteiger partial charge in [0.1, 0.15) is 0 Å². The predicted octanol–water partition coefficient (Wildman–Crippen LogP) is 1.62. The van der Waals surface area contributed by atoms with E-state index in [1.54, 1.807) is 0 Å². The first-order valence-electron chi connectivity index (χ1n) is 6.39. The van der Waals surface area contributed by atoms with Gasteiger partial charge in [-0.25, -0.2) is 0 Å². The number of carbonyl (C=O) groups excluding carboxylic acids is 1. The van der Waals surface area contributed by atoms with Crippen LogP contribution in [0.25, 0.3) is 0 Å². The van der Waals surface area contributed by atoms with Gasteiger partial charge in [-0.15, -0.1) is 0 Å². The molecule has 0 spiro atoms. The zero-order valence-corrected chi connectivity index (χ0v) is 10.3. The highest BCUT2D eigenvalue weighted by Crippen LogP contribution is 2.16. The van der Waals surface area contributed by atoms with E-state index in [4.69, 9.17) is 0 Å². The topological polar surface area (TPSA) is 41.1 Å². The van der Waals surface area contributed by atoms with Gasteiger partial charge in [-0.3, -0.25) is 4.79 Å². The monoisotopic (exact) mass is 232 g/mol. The van der Waals surface area contributed by atoms with Gasteiger partial charge in [0.15, 0.2) is 0 Å². The smallest absolute Gasteiger partial charge is 0.237 e. The molecule has 1 aromatic rings. The molecule has 2 rings (SSSR count). The van der Waals surface area contributed by atoms with E-state index in [9.17, 15) is 4.79 Å². The van der Waals surface area contributed by atoms with Gasteiger partial charge in [-0.1, -0.05) is 37.6 Å². The molecule has 3 heteroatoms. The largest absolute Gasteiger partial charge is 0.355 e. The number of rotatable bonds is 4. The first-order chi connectivity index (χ1) is 8.31. The molecule has 92 valence electrons. The van der Waals surface area contributed by atoms with E-state index in [1.165, 1.54) is 11.1 Å². The van der Waals surface area contributed by atoms with E-state index in [0.29, 0.717) is 0 Å². The Balaban J connectivity index is 1.91. The average Bonchev–Trinajstić information content (AvgIpc) is 2.38. The Hall–Kier alpha value is -1.35. The minimum atomic E-state index is -0.0678. The molecule has 0 radical (unpaired) electrons. The maximum atomic E-state index is 11.9. The Morgan fingerprint density at radius 2 is 2.18 bits per heavy atom. The van der Waals surface area contributed by atoms with Gasteiger partial charge in [0, 0.05) is 13.1 Å². The lowest BCUT2D eigenvalue weighted by Gasteiger charge is -2.25. The van der Waals surface area contributed by atoms with E-state index < -0.39 is 0 Å². The summed E-state index contributed by atoms with van der Waals surface area (Å²) in [4.78, 5) is 11.9. The van der Waals surface area contributed by atoms with Crippen molar-refractivity contribution in [3.63, 3.8) is 0 Å². The van der Waals surface area contributed by atoms with Crippen LogP contribution in [0, 0.1) is 0 Å². The number of benzene rings is 1. The van der Waals surface area contributed by atoms with Crippen LogP contribution in [0.3, 0.4) is 0 Å². The fourth-order valence-electron chi connectivity index (χ4n) is 2.15. The Kier molecular flexibility index (Phi) is 4.15. The highest BCUT2D eigenvalue weighted by Gasteiger charge is 2.23. The van der Waals surface area contributed by atoms with Crippen molar-refractivity contribution in [3.8, 4) is 0 Å². The molecule has 1 amide bonds. The number of nitrogens with one attached hydrogen (secondary N) is 2. The zero-order valence-electron chi connectivity index (χ0n) is 10.3. The van der Waals surface area contributed by atoms with Gasteiger partial charge < -0.3 is 10.6 Å². The van der Waals surface area contributed by atoms with Crippen LogP contribution in [0.4, 0.5) is 0 Å². The quantitative estimate of drug-likeness (QED) is 0.774. The van der Waals surface area contributed by atoms with Crippen molar-refractivity contribution in [3.05, 3.63) is 35.4 Å². The molecule has 0 saturated heterocycles. The fourth-order valence-corrected chi connectivity index (χ4v) is 2.15. The molecule has 17 heavy (non-hydrogen) atoms. The molecule has 1 aliphatic heterocycles. The zero-order chi connectivity index (χ0) is 12.1. The number of fused-ring (bicyclic) bond motifs is 1. The minimum Gasteiger partial charge on any atom is -0.355 e. The lowest BCUT2D eigenvalue weighted by atomic mass is 9.95. The Morgan fingerprint density at radius 3 is 2.94 bits per heavy atom. The molecular formula is C14H20N2O. The lowest BCUT2D eigenvalue weighted by molar-refractivity contribution is -0.123. The molecule has 0 fully saturated rings. The second-order valence-corrected chi connectivity index (χ2v) is 4.55. The van der Waals surface area contributed by atoms with Crippen LogP contribution in [-0.2, 0) is 17.8 Å². The number of carbonyl (C=O) groups is 1. The fraction of sp³-hybridized carbons (Fsp3) is 0.500. The first kappa shape index (κ1) is 12.1. The highest BCUT2D eigenvalue weighted by molar-refractivity contribution is 5.82.